The quantitative estimate of drug-likeness (QED) is 0.0860. The first-order valence-electron chi connectivity index (χ1n) is 18.0. The van der Waals surface area contributed by atoms with Gasteiger partial charge in [-0.05, 0) is 66.6 Å². The van der Waals surface area contributed by atoms with E-state index in [9.17, 15) is 9.18 Å². The van der Waals surface area contributed by atoms with Crippen molar-refractivity contribution in [3.8, 4) is 21.9 Å². The van der Waals surface area contributed by atoms with Crippen LogP contribution >= 0.6 is 11.3 Å². The molecule has 0 radical (unpaired) electrons. The van der Waals surface area contributed by atoms with Crippen LogP contribution in [0.1, 0.15) is 28.7 Å². The van der Waals surface area contributed by atoms with Crippen LogP contribution in [-0.4, -0.2) is 123 Å². The second-order valence-electron chi connectivity index (χ2n) is 13.0. The van der Waals surface area contributed by atoms with Gasteiger partial charge in [-0.3, -0.25) is 9.79 Å². The second-order valence-corrected chi connectivity index (χ2v) is 14.1. The summed E-state index contributed by atoms with van der Waals surface area (Å²) < 4.78 is 25.7. The highest BCUT2D eigenvalue weighted by Crippen LogP contribution is 2.38. The van der Waals surface area contributed by atoms with Gasteiger partial charge in [0.15, 0.2) is 17.3 Å². The first kappa shape index (κ1) is 37.1. The summed E-state index contributed by atoms with van der Waals surface area (Å²) in [5.74, 6) is 1.79. The molecule has 2 fully saturated rings. The topological polar surface area (TPSA) is 86.6 Å². The number of methoxy groups -OCH3 is 1. The number of anilines is 1. The fourth-order valence-electron chi connectivity index (χ4n) is 6.70. The van der Waals surface area contributed by atoms with Crippen LogP contribution in [0.5, 0.6) is 11.5 Å². The molecule has 0 atom stereocenters. The summed E-state index contributed by atoms with van der Waals surface area (Å²) in [4.78, 5) is 28.3. The Hall–Kier alpha value is -4.65. The molecule has 2 aliphatic rings. The molecule has 6 rings (SSSR count). The molecule has 0 spiro atoms. The van der Waals surface area contributed by atoms with Crippen LogP contribution in [0.2, 0.25) is 0 Å². The van der Waals surface area contributed by atoms with Crippen molar-refractivity contribution >= 4 is 40.0 Å². The monoisotopic (exact) mass is 725 g/mol. The van der Waals surface area contributed by atoms with Crippen molar-refractivity contribution in [2.75, 3.05) is 91.1 Å². The van der Waals surface area contributed by atoms with Gasteiger partial charge in [0, 0.05) is 94.2 Å². The minimum absolute atomic E-state index is 0.00340. The predicted molar refractivity (Wildman–Crippen MR) is 209 cm³/mol. The molecule has 2 aliphatic heterocycles. The van der Waals surface area contributed by atoms with Crippen LogP contribution in [0, 0.1) is 5.82 Å². The summed E-state index contributed by atoms with van der Waals surface area (Å²) in [6, 6.07) is 14.2. The third-order valence-electron chi connectivity index (χ3n) is 9.79. The number of ether oxygens (including phenoxy) is 2. The fraction of sp³-hybridized carbons (Fsp3) is 0.400. The number of hydrogen-bond acceptors (Lipinski definition) is 10. The van der Waals surface area contributed by atoms with Gasteiger partial charge in [0.25, 0.3) is 5.91 Å². The Morgan fingerprint density at radius 3 is 2.38 bits per heavy atom. The van der Waals surface area contributed by atoms with E-state index in [0.29, 0.717) is 55.6 Å². The molecule has 52 heavy (non-hydrogen) atoms. The Balaban J connectivity index is 1.20. The van der Waals surface area contributed by atoms with Crippen molar-refractivity contribution in [2.45, 2.75) is 19.8 Å². The number of benzene rings is 2. The molecular formula is C40H48FN7O3S. The average Bonchev–Trinajstić information content (AvgIpc) is 3.68. The van der Waals surface area contributed by atoms with Crippen molar-refractivity contribution < 1.29 is 18.7 Å². The maximum atomic E-state index is 13.5. The molecule has 4 heterocycles. The lowest BCUT2D eigenvalue weighted by Gasteiger charge is -2.35. The molecule has 0 saturated carbocycles. The van der Waals surface area contributed by atoms with Gasteiger partial charge in [-0.15, -0.1) is 16.4 Å². The van der Waals surface area contributed by atoms with E-state index < -0.39 is 0 Å². The van der Waals surface area contributed by atoms with Crippen molar-refractivity contribution in [1.29, 1.82) is 0 Å². The van der Waals surface area contributed by atoms with Gasteiger partial charge in [-0.25, -0.2) is 4.39 Å². The molecule has 12 heteroatoms. The predicted octanol–water partition coefficient (Wildman–Crippen LogP) is 6.23. The SMILES string of the molecule is C=C/C(=C\C=NC)Cc1nnc(N2CCN(C(=O)c3ccc(-c4ccc(F)cc4)s3)CC2)c2cc(OCCCN3CCN(CC)CC3)c(OC)cc12. The summed E-state index contributed by atoms with van der Waals surface area (Å²) in [7, 11) is 3.40. The molecule has 2 aromatic heterocycles. The minimum atomic E-state index is -0.281. The van der Waals surface area contributed by atoms with E-state index in [2.05, 4.69) is 33.2 Å². The van der Waals surface area contributed by atoms with Gasteiger partial charge in [0.2, 0.25) is 0 Å². The first-order valence-corrected chi connectivity index (χ1v) is 18.8. The Bertz CT molecular complexity index is 1900. The number of thiophene rings is 1. The van der Waals surface area contributed by atoms with Crippen molar-refractivity contribution in [1.82, 2.24) is 24.9 Å². The van der Waals surface area contributed by atoms with Gasteiger partial charge in [0.05, 0.1) is 24.3 Å². The normalized spacial score (nSPS) is 16.2. The van der Waals surface area contributed by atoms with Gasteiger partial charge >= 0.3 is 0 Å². The maximum Gasteiger partial charge on any atom is 0.264 e. The molecule has 4 aromatic rings. The Morgan fingerprint density at radius 1 is 0.962 bits per heavy atom. The van der Waals surface area contributed by atoms with E-state index in [1.807, 2.05) is 41.3 Å². The molecule has 0 unspecified atom stereocenters. The number of hydrogen-bond donors (Lipinski definition) is 0. The van der Waals surface area contributed by atoms with E-state index in [1.165, 1.54) is 23.5 Å². The zero-order chi connectivity index (χ0) is 36.5. The Kier molecular flexibility index (Phi) is 12.6. The highest BCUT2D eigenvalue weighted by molar-refractivity contribution is 7.17. The third kappa shape index (κ3) is 8.86. The number of rotatable bonds is 14. The lowest BCUT2D eigenvalue weighted by Crippen LogP contribution is -2.49. The first-order chi connectivity index (χ1) is 25.4. The molecule has 0 aliphatic carbocycles. The molecule has 0 N–H and O–H groups in total. The van der Waals surface area contributed by atoms with E-state index in [-0.39, 0.29) is 11.7 Å². The molecule has 0 bridgehead atoms. The number of fused-ring (bicyclic) bond motifs is 1. The van der Waals surface area contributed by atoms with Crippen LogP contribution < -0.4 is 14.4 Å². The van der Waals surface area contributed by atoms with Crippen LogP contribution in [0.4, 0.5) is 10.2 Å². The number of carbonyl (C=O) groups excluding carboxylic acids is 1. The Labute approximate surface area is 309 Å². The standard InChI is InChI=1S/C40H48FN7O3S/c1-5-29(14-15-42-3)26-34-32-27-35(50-4)36(51-25-7-16-46-19-17-45(6-2)18-20-46)28-33(32)39(44-43-34)47-21-23-48(24-22-47)40(49)38-13-12-37(52-38)30-8-10-31(41)11-9-30/h5,8-15,27-28H,1,6-7,16-26H2,2-4H3/b29-14+,42-15?. The van der Waals surface area contributed by atoms with Crippen molar-refractivity contribution in [3.05, 3.63) is 89.2 Å². The highest BCUT2D eigenvalue weighted by Gasteiger charge is 2.27. The fourth-order valence-corrected chi connectivity index (χ4v) is 7.68. The van der Waals surface area contributed by atoms with Crippen LogP contribution in [0.15, 0.2) is 77.8 Å². The van der Waals surface area contributed by atoms with E-state index >= 15 is 0 Å². The average molecular weight is 726 g/mol. The largest absolute Gasteiger partial charge is 0.493 e. The third-order valence-corrected chi connectivity index (χ3v) is 10.9. The zero-order valence-electron chi connectivity index (χ0n) is 30.4. The molecule has 2 saturated heterocycles. The van der Waals surface area contributed by atoms with Gasteiger partial charge in [-0.2, -0.15) is 5.10 Å². The molecule has 274 valence electrons. The number of allylic oxidation sites excluding steroid dienone is 3. The summed E-state index contributed by atoms with van der Waals surface area (Å²) in [5, 5.41) is 11.4. The second kappa shape index (κ2) is 17.7. The van der Waals surface area contributed by atoms with E-state index in [0.717, 1.165) is 84.0 Å². The molecule has 2 aromatic carbocycles. The van der Waals surface area contributed by atoms with Crippen LogP contribution in [-0.2, 0) is 6.42 Å². The number of halogens is 1. The van der Waals surface area contributed by atoms with Gasteiger partial charge < -0.3 is 29.1 Å². The molecular weight excluding hydrogens is 678 g/mol. The number of piperazine rings is 2. The minimum Gasteiger partial charge on any atom is -0.493 e. The summed E-state index contributed by atoms with van der Waals surface area (Å²) in [6.45, 7) is 15.6. The lowest BCUT2D eigenvalue weighted by molar-refractivity contribution is 0.0751. The molecule has 1 amide bonds. The smallest absolute Gasteiger partial charge is 0.264 e. The van der Waals surface area contributed by atoms with E-state index in [4.69, 9.17) is 19.7 Å². The number of amides is 1. The zero-order valence-corrected chi connectivity index (χ0v) is 31.2. The number of nitrogens with zero attached hydrogens (tertiary/aromatic N) is 7. The van der Waals surface area contributed by atoms with Gasteiger partial charge in [0.1, 0.15) is 5.82 Å². The Morgan fingerprint density at radius 2 is 1.69 bits per heavy atom. The van der Waals surface area contributed by atoms with Crippen LogP contribution in [0.25, 0.3) is 21.2 Å². The van der Waals surface area contributed by atoms with E-state index in [1.54, 1.807) is 32.5 Å². The molecule has 10 nitrogen and oxygen atoms in total. The number of aliphatic imine (C=N–C) groups is 1. The number of carbonyl (C=O) groups is 1. The van der Waals surface area contributed by atoms with Crippen LogP contribution in [0.3, 0.4) is 0 Å². The van der Waals surface area contributed by atoms with Crippen molar-refractivity contribution in [3.63, 3.8) is 0 Å². The number of aromatic nitrogens is 2. The summed E-state index contributed by atoms with van der Waals surface area (Å²) in [5.41, 5.74) is 2.66. The number of likely N-dealkylation sites (N-methyl/N-ethyl adjacent to an activating group) is 1. The lowest BCUT2D eigenvalue weighted by atomic mass is 10.0. The van der Waals surface area contributed by atoms with Crippen molar-refractivity contribution in [2.24, 2.45) is 4.99 Å². The summed E-state index contributed by atoms with van der Waals surface area (Å²) in [6.07, 6.45) is 6.93. The summed E-state index contributed by atoms with van der Waals surface area (Å²) >= 11 is 1.43. The maximum absolute atomic E-state index is 13.5. The van der Waals surface area contributed by atoms with Gasteiger partial charge in [-0.1, -0.05) is 31.7 Å². The highest BCUT2D eigenvalue weighted by atomic mass is 32.1.